The van der Waals surface area contributed by atoms with Crippen molar-refractivity contribution >= 4 is 12.2 Å². The Morgan fingerprint density at radius 3 is 2.50 bits per heavy atom. The van der Waals surface area contributed by atoms with E-state index in [4.69, 9.17) is 0 Å². The second-order valence-corrected chi connectivity index (χ2v) is 3.72. The van der Waals surface area contributed by atoms with Crippen LogP contribution in [0.4, 0.5) is 0 Å². The van der Waals surface area contributed by atoms with Gasteiger partial charge in [0.25, 0.3) is 5.91 Å². The summed E-state index contributed by atoms with van der Waals surface area (Å²) in [6, 6.07) is 6.66. The summed E-state index contributed by atoms with van der Waals surface area (Å²) < 4.78 is 0. The number of carbonyl (C=O) groups excluding carboxylic acids is 2. The summed E-state index contributed by atoms with van der Waals surface area (Å²) in [5.41, 5.74) is 0.826. The van der Waals surface area contributed by atoms with Gasteiger partial charge in [-0.2, -0.15) is 0 Å². The minimum absolute atomic E-state index is 0.238. The number of carbonyl (C=O) groups is 2. The summed E-state index contributed by atoms with van der Waals surface area (Å²) in [6.07, 6.45) is 6.39. The average Bonchev–Trinajstić information content (AvgIpc) is 2.44. The molecule has 0 aliphatic rings. The molecule has 1 aromatic rings. The highest BCUT2D eigenvalue weighted by molar-refractivity contribution is 6.01. The zero-order valence-electron chi connectivity index (χ0n) is 11.1. The molecular formula is C15H21NO2. The number of benzene rings is 1. The summed E-state index contributed by atoms with van der Waals surface area (Å²) >= 11 is 0. The Morgan fingerprint density at radius 2 is 2.06 bits per heavy atom. The van der Waals surface area contributed by atoms with E-state index in [9.17, 15) is 9.59 Å². The van der Waals surface area contributed by atoms with Crippen molar-refractivity contribution in [2.45, 2.75) is 26.2 Å². The third-order valence-corrected chi connectivity index (χ3v) is 2.32. The Kier molecular flexibility index (Phi) is 9.18. The second kappa shape index (κ2) is 10.3. The highest BCUT2D eigenvalue weighted by Crippen LogP contribution is 2.04. The van der Waals surface area contributed by atoms with Crippen molar-refractivity contribution in [3.05, 3.63) is 48.0 Å². The van der Waals surface area contributed by atoms with Crippen LogP contribution >= 0.6 is 0 Å². The summed E-state index contributed by atoms with van der Waals surface area (Å²) in [7, 11) is 1.53. The minimum atomic E-state index is -0.238. The van der Waals surface area contributed by atoms with Crippen LogP contribution in [0.5, 0.6) is 0 Å². The molecule has 0 fully saturated rings. The van der Waals surface area contributed by atoms with Crippen molar-refractivity contribution in [2.75, 3.05) is 7.05 Å². The van der Waals surface area contributed by atoms with Crippen LogP contribution in [0.25, 0.3) is 0 Å². The monoisotopic (exact) mass is 247 g/mol. The first kappa shape index (κ1) is 16.1. The minimum Gasteiger partial charge on any atom is -0.355 e. The van der Waals surface area contributed by atoms with Gasteiger partial charge in [0, 0.05) is 18.2 Å². The van der Waals surface area contributed by atoms with Gasteiger partial charge in [-0.3, -0.25) is 9.59 Å². The maximum Gasteiger partial charge on any atom is 0.251 e. The van der Waals surface area contributed by atoms with Gasteiger partial charge < -0.3 is 5.32 Å². The fraction of sp³-hybridized carbons (Fsp3) is 0.333. The van der Waals surface area contributed by atoms with Crippen molar-refractivity contribution < 1.29 is 9.59 Å². The molecule has 0 bridgehead atoms. The molecule has 3 heteroatoms. The lowest BCUT2D eigenvalue weighted by Crippen LogP contribution is -2.19. The molecule has 0 spiro atoms. The lowest BCUT2D eigenvalue weighted by Gasteiger charge is -2.00. The van der Waals surface area contributed by atoms with Crippen LogP contribution in [0.15, 0.2) is 36.9 Å². The van der Waals surface area contributed by atoms with Crippen molar-refractivity contribution in [2.24, 2.45) is 0 Å². The second-order valence-electron chi connectivity index (χ2n) is 3.72. The molecule has 0 radical (unpaired) electrons. The van der Waals surface area contributed by atoms with Crippen LogP contribution in [0.1, 0.15) is 46.9 Å². The smallest absolute Gasteiger partial charge is 0.251 e. The molecule has 0 saturated heterocycles. The number of unbranched alkanes of at least 4 members (excludes halogenated alkanes) is 2. The van der Waals surface area contributed by atoms with E-state index in [-0.39, 0.29) is 5.91 Å². The Labute approximate surface area is 109 Å². The van der Waals surface area contributed by atoms with Crippen LogP contribution in [0, 0.1) is 0 Å². The SMILES string of the molecule is C=CCCCC.CNC(=O)c1ccccc1C=O. The van der Waals surface area contributed by atoms with E-state index in [1.807, 2.05) is 6.08 Å². The lowest BCUT2D eigenvalue weighted by molar-refractivity contribution is 0.0957. The van der Waals surface area contributed by atoms with Crippen LogP contribution in [0.2, 0.25) is 0 Å². The molecule has 1 amide bonds. The van der Waals surface area contributed by atoms with Gasteiger partial charge >= 0.3 is 0 Å². The molecule has 0 saturated carbocycles. The molecule has 0 aromatic heterocycles. The molecule has 1 N–H and O–H groups in total. The summed E-state index contributed by atoms with van der Waals surface area (Å²) in [4.78, 5) is 21.6. The van der Waals surface area contributed by atoms with E-state index in [2.05, 4.69) is 18.8 Å². The third-order valence-electron chi connectivity index (χ3n) is 2.32. The zero-order valence-corrected chi connectivity index (χ0v) is 11.1. The van der Waals surface area contributed by atoms with E-state index >= 15 is 0 Å². The topological polar surface area (TPSA) is 46.2 Å². The van der Waals surface area contributed by atoms with Crippen molar-refractivity contribution in [1.29, 1.82) is 0 Å². The van der Waals surface area contributed by atoms with Crippen LogP contribution in [0.3, 0.4) is 0 Å². The molecule has 1 aromatic carbocycles. The molecule has 18 heavy (non-hydrogen) atoms. The number of nitrogens with one attached hydrogen (secondary N) is 1. The number of rotatable bonds is 5. The highest BCUT2D eigenvalue weighted by Gasteiger charge is 2.06. The van der Waals surface area contributed by atoms with E-state index in [0.717, 1.165) is 0 Å². The first-order valence-corrected chi connectivity index (χ1v) is 6.08. The maximum absolute atomic E-state index is 11.1. The number of aldehydes is 1. The first-order valence-electron chi connectivity index (χ1n) is 6.08. The van der Waals surface area contributed by atoms with Crippen molar-refractivity contribution in [1.82, 2.24) is 5.32 Å². The molecule has 0 unspecified atom stereocenters. The van der Waals surface area contributed by atoms with E-state index < -0.39 is 0 Å². The largest absolute Gasteiger partial charge is 0.355 e. The van der Waals surface area contributed by atoms with Crippen molar-refractivity contribution in [3.8, 4) is 0 Å². The fourth-order valence-corrected chi connectivity index (χ4v) is 1.29. The van der Waals surface area contributed by atoms with Gasteiger partial charge in [0.1, 0.15) is 0 Å². The molecule has 98 valence electrons. The fourth-order valence-electron chi connectivity index (χ4n) is 1.29. The Hall–Kier alpha value is -1.90. The van der Waals surface area contributed by atoms with Gasteiger partial charge in [-0.15, -0.1) is 6.58 Å². The van der Waals surface area contributed by atoms with Gasteiger partial charge in [0.2, 0.25) is 0 Å². The normalized spacial score (nSPS) is 8.78. The summed E-state index contributed by atoms with van der Waals surface area (Å²) in [5.74, 6) is -0.238. The average molecular weight is 247 g/mol. The maximum atomic E-state index is 11.1. The molecule has 0 aliphatic heterocycles. The Balaban J connectivity index is 0.000000411. The Bertz CT molecular complexity index is 386. The van der Waals surface area contributed by atoms with Crippen LogP contribution in [-0.2, 0) is 0 Å². The molecule has 0 aliphatic carbocycles. The van der Waals surface area contributed by atoms with Gasteiger partial charge in [0.05, 0.1) is 0 Å². The predicted octanol–water partition coefficient (Wildman–Crippen LogP) is 3.22. The predicted molar refractivity (Wildman–Crippen MR) is 74.9 cm³/mol. The quantitative estimate of drug-likeness (QED) is 0.493. The first-order chi connectivity index (χ1) is 8.71. The molecule has 0 heterocycles. The van der Waals surface area contributed by atoms with Crippen molar-refractivity contribution in [3.63, 3.8) is 0 Å². The van der Waals surface area contributed by atoms with Gasteiger partial charge in [-0.05, 0) is 12.5 Å². The molecule has 1 rings (SSSR count). The number of amides is 1. The summed E-state index contributed by atoms with van der Waals surface area (Å²) in [5, 5.41) is 2.46. The number of hydrogen-bond donors (Lipinski definition) is 1. The number of allylic oxidation sites excluding steroid dienone is 1. The standard InChI is InChI=1S/C9H9NO2.C6H12/c1-10-9(12)8-5-3-2-4-7(8)6-11;1-3-5-6-4-2/h2-6H,1H3,(H,10,12);3H,1,4-6H2,2H3. The van der Waals surface area contributed by atoms with Crippen LogP contribution in [-0.4, -0.2) is 19.2 Å². The van der Waals surface area contributed by atoms with E-state index in [1.165, 1.54) is 26.3 Å². The molecular weight excluding hydrogens is 226 g/mol. The van der Waals surface area contributed by atoms with E-state index in [1.54, 1.807) is 24.3 Å². The Morgan fingerprint density at radius 1 is 1.39 bits per heavy atom. The zero-order chi connectivity index (χ0) is 13.8. The highest BCUT2D eigenvalue weighted by atomic mass is 16.1. The van der Waals surface area contributed by atoms with Gasteiger partial charge in [-0.1, -0.05) is 44.0 Å². The molecule has 0 atom stereocenters. The third kappa shape index (κ3) is 5.99. The lowest BCUT2D eigenvalue weighted by atomic mass is 10.1. The van der Waals surface area contributed by atoms with Gasteiger partial charge in [-0.25, -0.2) is 0 Å². The summed E-state index contributed by atoms with van der Waals surface area (Å²) in [6.45, 7) is 5.78. The number of hydrogen-bond acceptors (Lipinski definition) is 2. The van der Waals surface area contributed by atoms with Gasteiger partial charge in [0.15, 0.2) is 6.29 Å². The van der Waals surface area contributed by atoms with E-state index in [0.29, 0.717) is 17.4 Å². The van der Waals surface area contributed by atoms with Crippen LogP contribution < -0.4 is 5.32 Å². The molecule has 3 nitrogen and oxygen atoms in total.